The van der Waals surface area contributed by atoms with Crippen molar-refractivity contribution in [2.75, 3.05) is 6.61 Å². The molecule has 0 radical (unpaired) electrons. The minimum atomic E-state index is -0.630. The van der Waals surface area contributed by atoms with Crippen molar-refractivity contribution in [1.29, 1.82) is 5.26 Å². The lowest BCUT2D eigenvalue weighted by molar-refractivity contribution is 0.103. The Hall–Kier alpha value is -3.85. The number of carbonyl (C=O) groups is 1. The molecule has 0 aliphatic rings. The van der Waals surface area contributed by atoms with E-state index < -0.39 is 17.2 Å². The van der Waals surface area contributed by atoms with Crippen LogP contribution in [0.2, 0.25) is 0 Å². The van der Waals surface area contributed by atoms with E-state index in [-0.39, 0.29) is 23.2 Å². The lowest BCUT2D eigenvalue weighted by Gasteiger charge is -2.16. The highest BCUT2D eigenvalue weighted by molar-refractivity contribution is 6.11. The first-order valence-corrected chi connectivity index (χ1v) is 9.15. The molecule has 1 aromatic heterocycles. The van der Waals surface area contributed by atoms with E-state index >= 15 is 0 Å². The summed E-state index contributed by atoms with van der Waals surface area (Å²) in [6.07, 6.45) is 0. The van der Waals surface area contributed by atoms with Gasteiger partial charge in [0.05, 0.1) is 18.7 Å². The molecule has 0 atom stereocenters. The van der Waals surface area contributed by atoms with Crippen molar-refractivity contribution in [1.82, 2.24) is 4.57 Å². The Balaban J connectivity index is 2.13. The van der Waals surface area contributed by atoms with Crippen LogP contribution in [0.5, 0.6) is 11.6 Å². The van der Waals surface area contributed by atoms with Gasteiger partial charge in [-0.1, -0.05) is 30.3 Å². The van der Waals surface area contributed by atoms with Crippen LogP contribution in [0.1, 0.15) is 39.5 Å². The first-order chi connectivity index (χ1) is 14.0. The van der Waals surface area contributed by atoms with Crippen LogP contribution in [0, 0.1) is 18.3 Å². The fourth-order valence-corrected chi connectivity index (χ4v) is 3.15. The van der Waals surface area contributed by atoms with E-state index in [1.54, 1.807) is 36.4 Å². The van der Waals surface area contributed by atoms with Crippen molar-refractivity contribution in [3.05, 3.63) is 92.8 Å². The average Bonchev–Trinajstić information content (AvgIpc) is 2.73. The quantitative estimate of drug-likeness (QED) is 0.653. The number of rotatable bonds is 6. The van der Waals surface area contributed by atoms with E-state index in [0.717, 1.165) is 10.1 Å². The number of pyridine rings is 1. The normalized spacial score (nSPS) is 10.4. The molecule has 6 heteroatoms. The van der Waals surface area contributed by atoms with Crippen LogP contribution in [-0.2, 0) is 6.54 Å². The van der Waals surface area contributed by atoms with Gasteiger partial charge in [0.15, 0.2) is 5.78 Å². The molecule has 146 valence electrons. The number of aromatic nitrogens is 1. The average molecular weight is 388 g/mol. The molecule has 1 heterocycles. The Morgan fingerprint density at radius 3 is 2.38 bits per heavy atom. The zero-order valence-electron chi connectivity index (χ0n) is 16.2. The number of aromatic hydroxyl groups is 1. The van der Waals surface area contributed by atoms with Gasteiger partial charge in [0.25, 0.3) is 5.56 Å². The van der Waals surface area contributed by atoms with E-state index in [2.05, 4.69) is 0 Å². The first-order valence-electron chi connectivity index (χ1n) is 9.15. The SMILES string of the molecule is CCOc1ccc(C(=O)c2c(C)c(C#N)c(=O)n(Cc3ccccc3)c2O)cc1. The largest absolute Gasteiger partial charge is 0.494 e. The van der Waals surface area contributed by atoms with Crippen LogP contribution >= 0.6 is 0 Å². The smallest absolute Gasteiger partial charge is 0.271 e. The molecule has 3 aromatic rings. The topological polar surface area (TPSA) is 92.3 Å². The Morgan fingerprint density at radius 1 is 1.14 bits per heavy atom. The van der Waals surface area contributed by atoms with Gasteiger partial charge >= 0.3 is 0 Å². The molecule has 0 unspecified atom stereocenters. The van der Waals surface area contributed by atoms with Crippen molar-refractivity contribution in [3.8, 4) is 17.7 Å². The summed E-state index contributed by atoms with van der Waals surface area (Å²) in [6.45, 7) is 3.90. The van der Waals surface area contributed by atoms with E-state index in [1.165, 1.54) is 6.92 Å². The second-order valence-corrected chi connectivity index (χ2v) is 6.47. The summed E-state index contributed by atoms with van der Waals surface area (Å²) in [5.74, 6) is -0.299. The molecule has 2 aromatic carbocycles. The molecule has 0 fully saturated rings. The van der Waals surface area contributed by atoms with Crippen LogP contribution in [0.3, 0.4) is 0 Å². The highest BCUT2D eigenvalue weighted by Crippen LogP contribution is 2.26. The second kappa shape index (κ2) is 8.44. The minimum Gasteiger partial charge on any atom is -0.494 e. The maximum Gasteiger partial charge on any atom is 0.271 e. The summed E-state index contributed by atoms with van der Waals surface area (Å²) in [4.78, 5) is 25.8. The predicted octanol–water partition coefficient (Wildman–Crippen LogP) is 3.41. The molecule has 0 aliphatic heterocycles. The lowest BCUT2D eigenvalue weighted by Crippen LogP contribution is -2.27. The van der Waals surface area contributed by atoms with Crippen molar-refractivity contribution in [3.63, 3.8) is 0 Å². The monoisotopic (exact) mass is 388 g/mol. The molecule has 0 saturated carbocycles. The van der Waals surface area contributed by atoms with E-state index in [9.17, 15) is 20.0 Å². The number of benzene rings is 2. The molecule has 29 heavy (non-hydrogen) atoms. The molecule has 0 saturated heterocycles. The Labute approximate surface area is 168 Å². The first kappa shape index (κ1) is 19.9. The van der Waals surface area contributed by atoms with Gasteiger partial charge < -0.3 is 9.84 Å². The Morgan fingerprint density at radius 2 is 1.79 bits per heavy atom. The van der Waals surface area contributed by atoms with Crippen LogP contribution < -0.4 is 10.3 Å². The third kappa shape index (κ3) is 3.90. The fraction of sp³-hybridized carbons (Fsp3) is 0.174. The number of carbonyl (C=O) groups excluding carboxylic acids is 1. The maximum atomic E-state index is 13.1. The highest BCUT2D eigenvalue weighted by Gasteiger charge is 2.25. The standard InChI is InChI=1S/C23H20N2O4/c1-3-29-18-11-9-17(10-12-18)21(26)20-15(2)19(13-24)22(27)25(23(20)28)14-16-7-5-4-6-8-16/h4-12,28H,3,14H2,1-2H3. The Kier molecular flexibility index (Phi) is 5.79. The maximum absolute atomic E-state index is 13.1. The highest BCUT2D eigenvalue weighted by atomic mass is 16.5. The van der Waals surface area contributed by atoms with Gasteiger partial charge in [0, 0.05) is 5.56 Å². The third-order valence-electron chi connectivity index (χ3n) is 4.64. The molecule has 3 rings (SSSR count). The van der Waals surface area contributed by atoms with Gasteiger partial charge in [0.1, 0.15) is 17.4 Å². The number of hydrogen-bond donors (Lipinski definition) is 1. The molecule has 0 aliphatic carbocycles. The van der Waals surface area contributed by atoms with Gasteiger partial charge in [-0.3, -0.25) is 14.2 Å². The van der Waals surface area contributed by atoms with Crippen molar-refractivity contribution < 1.29 is 14.6 Å². The number of nitriles is 1. The molecule has 1 N–H and O–H groups in total. The summed E-state index contributed by atoms with van der Waals surface area (Å²) in [7, 11) is 0. The van der Waals surface area contributed by atoms with Gasteiger partial charge in [-0.2, -0.15) is 5.26 Å². The van der Waals surface area contributed by atoms with Crippen LogP contribution in [-0.4, -0.2) is 22.1 Å². The molecular formula is C23H20N2O4. The number of ether oxygens (including phenoxy) is 1. The van der Waals surface area contributed by atoms with Gasteiger partial charge in [0.2, 0.25) is 5.88 Å². The molecule has 0 amide bonds. The summed E-state index contributed by atoms with van der Waals surface area (Å²) >= 11 is 0. The van der Waals surface area contributed by atoms with Crippen LogP contribution in [0.15, 0.2) is 59.4 Å². The number of nitrogens with zero attached hydrogens (tertiary/aromatic N) is 2. The zero-order valence-corrected chi connectivity index (χ0v) is 16.2. The van der Waals surface area contributed by atoms with Gasteiger partial charge in [-0.15, -0.1) is 0 Å². The third-order valence-corrected chi connectivity index (χ3v) is 4.64. The molecular weight excluding hydrogens is 368 g/mol. The van der Waals surface area contributed by atoms with Crippen LogP contribution in [0.4, 0.5) is 0 Å². The van der Waals surface area contributed by atoms with Gasteiger partial charge in [-0.05, 0) is 49.2 Å². The number of hydrogen-bond acceptors (Lipinski definition) is 5. The summed E-state index contributed by atoms with van der Waals surface area (Å²) in [6, 6.07) is 17.4. The molecule has 6 nitrogen and oxygen atoms in total. The molecule has 0 bridgehead atoms. The number of ketones is 1. The van der Waals surface area contributed by atoms with Crippen LogP contribution in [0.25, 0.3) is 0 Å². The summed E-state index contributed by atoms with van der Waals surface area (Å²) < 4.78 is 6.44. The van der Waals surface area contributed by atoms with E-state index in [4.69, 9.17) is 4.74 Å². The summed E-state index contributed by atoms with van der Waals surface area (Å²) in [5.41, 5.74) is 0.403. The van der Waals surface area contributed by atoms with Crippen molar-refractivity contribution in [2.45, 2.75) is 20.4 Å². The van der Waals surface area contributed by atoms with Gasteiger partial charge in [-0.25, -0.2) is 0 Å². The van der Waals surface area contributed by atoms with Crippen molar-refractivity contribution >= 4 is 5.78 Å². The lowest BCUT2D eigenvalue weighted by atomic mass is 9.97. The van der Waals surface area contributed by atoms with E-state index in [0.29, 0.717) is 17.9 Å². The second-order valence-electron chi connectivity index (χ2n) is 6.47. The minimum absolute atomic E-state index is 0.0457. The van der Waals surface area contributed by atoms with E-state index in [1.807, 2.05) is 31.2 Å². The fourth-order valence-electron chi connectivity index (χ4n) is 3.15. The summed E-state index contributed by atoms with van der Waals surface area (Å²) in [5, 5.41) is 20.3. The predicted molar refractivity (Wildman–Crippen MR) is 108 cm³/mol. The zero-order chi connectivity index (χ0) is 21.0. The molecule has 0 spiro atoms. The Bertz CT molecular complexity index is 1140. The van der Waals surface area contributed by atoms with Crippen molar-refractivity contribution in [2.24, 2.45) is 0 Å².